The van der Waals surface area contributed by atoms with Crippen molar-refractivity contribution in [2.45, 2.75) is 26.3 Å². The molecule has 0 spiro atoms. The fraction of sp³-hybridized carbons (Fsp3) is 0.700. The van der Waals surface area contributed by atoms with Crippen LogP contribution in [0.15, 0.2) is 12.2 Å². The average Bonchev–Trinajstić information content (AvgIpc) is 2.25. The van der Waals surface area contributed by atoms with E-state index < -0.39 is 8.80 Å². The molecule has 0 aliphatic heterocycles. The Morgan fingerprint density at radius 1 is 1.33 bits per heavy atom. The molecule has 0 amide bonds. The molecule has 0 unspecified atom stereocenters. The standard InChI is InChI=1S/C10H20O4Si/c1-5-7-10(11)9-14-15(12-3,13-4)8-6-2/h5,7H,6,8-9H2,1-4H3. The molecular weight excluding hydrogens is 212 g/mol. The largest absolute Gasteiger partial charge is 0.500 e. The second-order valence-corrected chi connectivity index (χ2v) is 6.07. The highest BCUT2D eigenvalue weighted by Gasteiger charge is 2.38. The molecule has 0 saturated heterocycles. The average molecular weight is 232 g/mol. The van der Waals surface area contributed by atoms with Crippen molar-refractivity contribution < 1.29 is 18.1 Å². The summed E-state index contributed by atoms with van der Waals surface area (Å²) in [4.78, 5) is 11.2. The van der Waals surface area contributed by atoms with Gasteiger partial charge in [0.15, 0.2) is 5.78 Å². The highest BCUT2D eigenvalue weighted by Crippen LogP contribution is 2.15. The molecule has 0 heterocycles. The number of carbonyl (C=O) groups is 1. The Morgan fingerprint density at radius 3 is 2.33 bits per heavy atom. The number of allylic oxidation sites excluding steroid dienone is 1. The third-order valence-electron chi connectivity index (χ3n) is 1.97. The first-order valence-electron chi connectivity index (χ1n) is 5.04. The van der Waals surface area contributed by atoms with Crippen LogP contribution in [0, 0.1) is 0 Å². The predicted molar refractivity (Wildman–Crippen MR) is 60.6 cm³/mol. The summed E-state index contributed by atoms with van der Waals surface area (Å²) in [5.41, 5.74) is 0. The SMILES string of the molecule is CC=CC(=O)CO[Si](CCC)(OC)OC. The highest BCUT2D eigenvalue weighted by molar-refractivity contribution is 6.60. The van der Waals surface area contributed by atoms with E-state index in [0.29, 0.717) is 0 Å². The first kappa shape index (κ1) is 14.5. The van der Waals surface area contributed by atoms with Crippen molar-refractivity contribution in [3.8, 4) is 0 Å². The van der Waals surface area contributed by atoms with Crippen LogP contribution >= 0.6 is 0 Å². The summed E-state index contributed by atoms with van der Waals surface area (Å²) in [6.45, 7) is 3.84. The molecule has 5 heteroatoms. The fourth-order valence-corrected chi connectivity index (χ4v) is 3.13. The van der Waals surface area contributed by atoms with Crippen LogP contribution in [0.1, 0.15) is 20.3 Å². The molecule has 15 heavy (non-hydrogen) atoms. The van der Waals surface area contributed by atoms with Crippen molar-refractivity contribution in [2.24, 2.45) is 0 Å². The highest BCUT2D eigenvalue weighted by atomic mass is 28.4. The van der Waals surface area contributed by atoms with Crippen molar-refractivity contribution in [3.63, 3.8) is 0 Å². The summed E-state index contributed by atoms with van der Waals surface area (Å²) < 4.78 is 16.0. The van der Waals surface area contributed by atoms with Crippen molar-refractivity contribution >= 4 is 14.6 Å². The zero-order chi connectivity index (χ0) is 11.7. The fourth-order valence-electron chi connectivity index (χ4n) is 1.20. The Bertz CT molecular complexity index is 211. The lowest BCUT2D eigenvalue weighted by atomic mass is 10.4. The van der Waals surface area contributed by atoms with Gasteiger partial charge in [-0.05, 0) is 13.0 Å². The lowest BCUT2D eigenvalue weighted by molar-refractivity contribution is -0.117. The summed E-state index contributed by atoms with van der Waals surface area (Å²) in [7, 11) is 0.532. The van der Waals surface area contributed by atoms with Gasteiger partial charge >= 0.3 is 8.80 Å². The summed E-state index contributed by atoms with van der Waals surface area (Å²) in [6.07, 6.45) is 4.08. The Kier molecular flexibility index (Phi) is 7.50. The van der Waals surface area contributed by atoms with E-state index in [2.05, 4.69) is 0 Å². The van der Waals surface area contributed by atoms with E-state index in [1.165, 1.54) is 6.08 Å². The molecule has 88 valence electrons. The van der Waals surface area contributed by atoms with E-state index >= 15 is 0 Å². The third-order valence-corrected chi connectivity index (χ3v) is 4.91. The van der Waals surface area contributed by atoms with E-state index in [4.69, 9.17) is 13.3 Å². The van der Waals surface area contributed by atoms with Gasteiger partial charge < -0.3 is 13.3 Å². The molecule has 0 aliphatic rings. The molecule has 0 fully saturated rings. The lowest BCUT2D eigenvalue weighted by Gasteiger charge is -2.25. The van der Waals surface area contributed by atoms with Crippen molar-refractivity contribution in [2.75, 3.05) is 20.8 Å². The minimum absolute atomic E-state index is 0.0260. The molecule has 0 bridgehead atoms. The van der Waals surface area contributed by atoms with Gasteiger partial charge in [0, 0.05) is 20.3 Å². The van der Waals surface area contributed by atoms with Gasteiger partial charge in [-0.25, -0.2) is 0 Å². The predicted octanol–water partition coefficient (Wildman–Crippen LogP) is 1.79. The maximum absolute atomic E-state index is 11.2. The molecular formula is C10H20O4Si. The monoisotopic (exact) mass is 232 g/mol. The number of carbonyl (C=O) groups excluding carboxylic acids is 1. The van der Waals surface area contributed by atoms with Crippen LogP contribution < -0.4 is 0 Å². The lowest BCUT2D eigenvalue weighted by Crippen LogP contribution is -2.44. The molecule has 0 N–H and O–H groups in total. The van der Waals surface area contributed by atoms with E-state index in [1.54, 1.807) is 27.2 Å². The van der Waals surface area contributed by atoms with Crippen LogP contribution in [0.25, 0.3) is 0 Å². The first-order chi connectivity index (χ1) is 7.14. The van der Waals surface area contributed by atoms with Crippen LogP contribution in [0.5, 0.6) is 0 Å². The minimum Gasteiger partial charge on any atom is -0.377 e. The number of rotatable bonds is 8. The van der Waals surface area contributed by atoms with Gasteiger partial charge in [-0.15, -0.1) is 0 Å². The van der Waals surface area contributed by atoms with Crippen molar-refractivity contribution in [3.05, 3.63) is 12.2 Å². The van der Waals surface area contributed by atoms with Crippen molar-refractivity contribution in [1.82, 2.24) is 0 Å². The minimum atomic E-state index is -2.59. The zero-order valence-corrected chi connectivity index (χ0v) is 10.9. The molecule has 0 radical (unpaired) electrons. The van der Waals surface area contributed by atoms with Gasteiger partial charge in [0.1, 0.15) is 6.61 Å². The van der Waals surface area contributed by atoms with Gasteiger partial charge in [0.05, 0.1) is 0 Å². The number of hydrogen-bond acceptors (Lipinski definition) is 4. The molecule has 0 aromatic heterocycles. The van der Waals surface area contributed by atoms with Gasteiger partial charge in [0.2, 0.25) is 0 Å². The zero-order valence-electron chi connectivity index (χ0n) is 9.91. The van der Waals surface area contributed by atoms with Crippen LogP contribution in [-0.2, 0) is 18.1 Å². The molecule has 0 aliphatic carbocycles. The Morgan fingerprint density at radius 2 is 1.93 bits per heavy atom. The normalized spacial score (nSPS) is 12.3. The molecule has 0 saturated carbocycles. The van der Waals surface area contributed by atoms with Crippen molar-refractivity contribution in [1.29, 1.82) is 0 Å². The third kappa shape index (κ3) is 5.22. The van der Waals surface area contributed by atoms with Gasteiger partial charge in [0.25, 0.3) is 0 Å². The van der Waals surface area contributed by atoms with Crippen LogP contribution in [0.3, 0.4) is 0 Å². The maximum Gasteiger partial charge on any atom is 0.500 e. The summed E-state index contributed by atoms with van der Waals surface area (Å²) in [5, 5.41) is 0. The van der Waals surface area contributed by atoms with E-state index in [0.717, 1.165) is 12.5 Å². The van der Waals surface area contributed by atoms with E-state index in [9.17, 15) is 4.79 Å². The summed E-state index contributed by atoms with van der Waals surface area (Å²) in [5.74, 6) is -0.0698. The van der Waals surface area contributed by atoms with Crippen LogP contribution in [0.2, 0.25) is 6.04 Å². The first-order valence-corrected chi connectivity index (χ1v) is 6.97. The van der Waals surface area contributed by atoms with Gasteiger partial charge in [-0.3, -0.25) is 4.79 Å². The quantitative estimate of drug-likeness (QED) is 0.473. The molecule has 0 aromatic rings. The molecule has 0 rings (SSSR count). The number of hydrogen-bond donors (Lipinski definition) is 0. The van der Waals surface area contributed by atoms with E-state index in [1.807, 2.05) is 6.92 Å². The molecule has 0 aromatic carbocycles. The smallest absolute Gasteiger partial charge is 0.377 e. The van der Waals surface area contributed by atoms with Crippen LogP contribution in [-0.4, -0.2) is 35.4 Å². The topological polar surface area (TPSA) is 44.8 Å². The summed E-state index contributed by atoms with van der Waals surface area (Å²) in [6, 6.07) is 0.725. The Hall–Kier alpha value is -0.493. The second kappa shape index (κ2) is 7.75. The Balaban J connectivity index is 4.22. The van der Waals surface area contributed by atoms with E-state index in [-0.39, 0.29) is 12.4 Å². The van der Waals surface area contributed by atoms with Gasteiger partial charge in [-0.2, -0.15) is 0 Å². The maximum atomic E-state index is 11.2. The number of ketones is 1. The van der Waals surface area contributed by atoms with Gasteiger partial charge in [-0.1, -0.05) is 19.4 Å². The molecule has 0 atom stereocenters. The molecule has 4 nitrogen and oxygen atoms in total. The summed E-state index contributed by atoms with van der Waals surface area (Å²) >= 11 is 0. The second-order valence-electron chi connectivity index (χ2n) is 3.10. The van der Waals surface area contributed by atoms with Crippen LogP contribution in [0.4, 0.5) is 0 Å². The Labute approximate surface area is 92.6 Å².